The number of aromatic nitrogens is 1. The van der Waals surface area contributed by atoms with Crippen molar-refractivity contribution in [2.45, 2.75) is 51.4 Å². The molecule has 1 aliphatic rings. The summed E-state index contributed by atoms with van der Waals surface area (Å²) in [7, 11) is 1.71. The van der Waals surface area contributed by atoms with Crippen molar-refractivity contribution < 1.29 is 24.1 Å². The van der Waals surface area contributed by atoms with Gasteiger partial charge < -0.3 is 24.1 Å². The van der Waals surface area contributed by atoms with Crippen LogP contribution in [0.2, 0.25) is 0 Å². The van der Waals surface area contributed by atoms with E-state index in [1.807, 2.05) is 43.3 Å². The van der Waals surface area contributed by atoms with E-state index in [2.05, 4.69) is 16.8 Å². The van der Waals surface area contributed by atoms with Crippen LogP contribution in [0.3, 0.4) is 0 Å². The van der Waals surface area contributed by atoms with E-state index in [1.165, 1.54) is 0 Å². The minimum Gasteiger partial charge on any atom is -0.494 e. The Hall–Kier alpha value is -2.19. The molecule has 0 aliphatic carbocycles. The Morgan fingerprint density at radius 1 is 1.09 bits per heavy atom. The molecule has 7 heteroatoms. The number of hydrogen-bond acceptors (Lipinski definition) is 7. The molecule has 1 N–H and O–H groups in total. The highest BCUT2D eigenvalue weighted by atomic mass is 16.5. The maximum atomic E-state index is 10.5. The predicted octanol–water partition coefficient (Wildman–Crippen LogP) is 3.74. The van der Waals surface area contributed by atoms with Crippen molar-refractivity contribution in [2.24, 2.45) is 0 Å². The van der Waals surface area contributed by atoms with Crippen LogP contribution in [0.1, 0.15) is 43.5 Å². The van der Waals surface area contributed by atoms with Gasteiger partial charge in [0.2, 0.25) is 0 Å². The first-order valence-electron chi connectivity index (χ1n) is 11.4. The number of benzene rings is 1. The van der Waals surface area contributed by atoms with E-state index in [4.69, 9.17) is 18.9 Å². The molecule has 0 radical (unpaired) electrons. The molecule has 3 rings (SSSR count). The van der Waals surface area contributed by atoms with Gasteiger partial charge >= 0.3 is 0 Å². The van der Waals surface area contributed by atoms with E-state index in [-0.39, 0.29) is 12.1 Å². The standard InChI is InChI=1S/C25H36N2O5/c1-19-6-7-21(15-26-19)25(28)14-20(2)27-16-24(32-18-27)17-31-23-10-8-22(9-11-23)30-13-5-4-12-29-3/h6-11,15,20,24-25,28H,4-5,12-14,16-18H2,1-3H3. The number of ether oxygens (including phenoxy) is 4. The monoisotopic (exact) mass is 444 g/mol. The molecule has 176 valence electrons. The topological polar surface area (TPSA) is 73.3 Å². The molecule has 1 saturated heterocycles. The summed E-state index contributed by atoms with van der Waals surface area (Å²) in [4.78, 5) is 6.51. The Morgan fingerprint density at radius 2 is 1.81 bits per heavy atom. The summed E-state index contributed by atoms with van der Waals surface area (Å²) in [6.07, 6.45) is 3.83. The van der Waals surface area contributed by atoms with Gasteiger partial charge in [-0.3, -0.25) is 9.88 Å². The van der Waals surface area contributed by atoms with Gasteiger partial charge in [0.1, 0.15) is 24.2 Å². The lowest BCUT2D eigenvalue weighted by Gasteiger charge is -2.25. The van der Waals surface area contributed by atoms with Crippen molar-refractivity contribution in [3.8, 4) is 11.5 Å². The SMILES string of the molecule is COCCCCOc1ccc(OCC2CN(C(C)CC(O)c3ccc(C)nc3)CO2)cc1. The van der Waals surface area contributed by atoms with Gasteiger partial charge in [-0.15, -0.1) is 0 Å². The van der Waals surface area contributed by atoms with Crippen LogP contribution in [0, 0.1) is 6.92 Å². The van der Waals surface area contributed by atoms with E-state index < -0.39 is 6.10 Å². The fraction of sp³-hybridized carbons (Fsp3) is 0.560. The lowest BCUT2D eigenvalue weighted by atomic mass is 10.0. The molecule has 32 heavy (non-hydrogen) atoms. The number of unbranched alkanes of at least 4 members (excludes halogenated alkanes) is 1. The van der Waals surface area contributed by atoms with Crippen molar-refractivity contribution in [3.05, 3.63) is 53.9 Å². The molecule has 0 spiro atoms. The maximum absolute atomic E-state index is 10.5. The van der Waals surface area contributed by atoms with Crippen LogP contribution in [0.15, 0.2) is 42.6 Å². The molecular weight excluding hydrogens is 408 g/mol. The number of hydrogen-bond donors (Lipinski definition) is 1. The lowest BCUT2D eigenvalue weighted by Crippen LogP contribution is -2.34. The zero-order valence-corrected chi connectivity index (χ0v) is 19.4. The minimum atomic E-state index is -0.533. The number of pyridine rings is 1. The van der Waals surface area contributed by atoms with Crippen molar-refractivity contribution in [1.82, 2.24) is 9.88 Å². The van der Waals surface area contributed by atoms with Crippen LogP contribution in [-0.2, 0) is 9.47 Å². The van der Waals surface area contributed by atoms with Crippen molar-refractivity contribution in [3.63, 3.8) is 0 Å². The van der Waals surface area contributed by atoms with E-state index in [0.717, 1.165) is 48.7 Å². The largest absolute Gasteiger partial charge is 0.494 e. The van der Waals surface area contributed by atoms with Gasteiger partial charge in [-0.1, -0.05) is 6.07 Å². The number of nitrogens with zero attached hydrogens (tertiary/aromatic N) is 2. The molecule has 0 saturated carbocycles. The van der Waals surface area contributed by atoms with Crippen LogP contribution in [-0.4, -0.2) is 67.3 Å². The molecule has 1 fully saturated rings. The average molecular weight is 445 g/mol. The number of rotatable bonds is 13. The number of methoxy groups -OCH3 is 1. The van der Waals surface area contributed by atoms with Crippen LogP contribution >= 0.6 is 0 Å². The van der Waals surface area contributed by atoms with E-state index >= 15 is 0 Å². The summed E-state index contributed by atoms with van der Waals surface area (Å²) in [6, 6.07) is 11.8. The van der Waals surface area contributed by atoms with Gasteiger partial charge in [0.25, 0.3) is 0 Å². The Balaban J connectivity index is 1.36. The third-order valence-corrected chi connectivity index (χ3v) is 5.69. The van der Waals surface area contributed by atoms with Crippen LogP contribution < -0.4 is 9.47 Å². The summed E-state index contributed by atoms with van der Waals surface area (Å²) >= 11 is 0. The zero-order valence-electron chi connectivity index (χ0n) is 19.4. The highest BCUT2D eigenvalue weighted by Crippen LogP contribution is 2.23. The van der Waals surface area contributed by atoms with Gasteiger partial charge in [-0.05, 0) is 69.0 Å². The summed E-state index contributed by atoms with van der Waals surface area (Å²) in [5.41, 5.74) is 1.80. The summed E-state index contributed by atoms with van der Waals surface area (Å²) in [6.45, 7) is 7.32. The van der Waals surface area contributed by atoms with Gasteiger partial charge in [0.15, 0.2) is 0 Å². The second-order valence-corrected chi connectivity index (χ2v) is 8.35. The first kappa shape index (κ1) is 24.5. The summed E-state index contributed by atoms with van der Waals surface area (Å²) in [5, 5.41) is 10.5. The molecule has 1 aromatic carbocycles. The van der Waals surface area contributed by atoms with E-state index in [0.29, 0.717) is 26.4 Å². The molecule has 2 aromatic rings. The van der Waals surface area contributed by atoms with Crippen LogP contribution in [0.25, 0.3) is 0 Å². The second-order valence-electron chi connectivity index (χ2n) is 8.35. The van der Waals surface area contributed by atoms with Gasteiger partial charge in [-0.2, -0.15) is 0 Å². The molecule has 2 heterocycles. The fourth-order valence-corrected chi connectivity index (χ4v) is 3.62. The molecule has 0 amide bonds. The fourth-order valence-electron chi connectivity index (χ4n) is 3.62. The zero-order chi connectivity index (χ0) is 22.8. The molecule has 1 aromatic heterocycles. The first-order chi connectivity index (χ1) is 15.5. The summed E-state index contributed by atoms with van der Waals surface area (Å²) in [5.74, 6) is 1.64. The lowest BCUT2D eigenvalue weighted by molar-refractivity contribution is 0.0468. The first-order valence-corrected chi connectivity index (χ1v) is 11.4. The normalized spacial score (nSPS) is 18.4. The Kier molecular flexibility index (Phi) is 9.74. The van der Waals surface area contributed by atoms with Crippen molar-refractivity contribution in [1.29, 1.82) is 0 Å². The highest BCUT2D eigenvalue weighted by molar-refractivity contribution is 5.31. The second kappa shape index (κ2) is 12.7. The minimum absolute atomic E-state index is 0.00680. The van der Waals surface area contributed by atoms with Crippen molar-refractivity contribution >= 4 is 0 Å². The van der Waals surface area contributed by atoms with E-state index in [1.54, 1.807) is 13.3 Å². The quantitative estimate of drug-likeness (QED) is 0.472. The smallest absolute Gasteiger partial charge is 0.119 e. The van der Waals surface area contributed by atoms with Gasteiger partial charge in [-0.25, -0.2) is 0 Å². The van der Waals surface area contributed by atoms with Crippen LogP contribution in [0.5, 0.6) is 11.5 Å². The van der Waals surface area contributed by atoms with Crippen LogP contribution in [0.4, 0.5) is 0 Å². The van der Waals surface area contributed by atoms with E-state index in [9.17, 15) is 5.11 Å². The molecule has 3 atom stereocenters. The molecule has 7 nitrogen and oxygen atoms in total. The Labute approximate surface area is 191 Å². The molecule has 3 unspecified atom stereocenters. The Bertz CT molecular complexity index is 784. The third kappa shape index (κ3) is 7.74. The average Bonchev–Trinajstić information content (AvgIpc) is 3.28. The molecule has 1 aliphatic heterocycles. The molecular formula is C25H36N2O5. The maximum Gasteiger partial charge on any atom is 0.119 e. The van der Waals surface area contributed by atoms with Gasteiger partial charge in [0.05, 0.1) is 19.4 Å². The Morgan fingerprint density at radius 3 is 2.50 bits per heavy atom. The number of aryl methyl sites for hydroxylation is 1. The third-order valence-electron chi connectivity index (χ3n) is 5.69. The summed E-state index contributed by atoms with van der Waals surface area (Å²) < 4.78 is 22.6. The molecule has 0 bridgehead atoms. The highest BCUT2D eigenvalue weighted by Gasteiger charge is 2.28. The predicted molar refractivity (Wildman–Crippen MR) is 123 cm³/mol. The van der Waals surface area contributed by atoms with Gasteiger partial charge in [0, 0.05) is 38.2 Å². The number of aliphatic hydroxyl groups is 1. The van der Waals surface area contributed by atoms with Crippen molar-refractivity contribution in [2.75, 3.05) is 40.2 Å². The number of aliphatic hydroxyl groups excluding tert-OH is 1.